The number of nitrogens with zero attached hydrogens (tertiary/aromatic N) is 1. The standard InChI is InChI=1S/C30H38ClN3O4/c1-17-8-6-13-22(18(17)2)34-26(28(36)32-20-10-4-3-5-11-20)30-15-14-23(38-30)24(25(30)29(34)37)27(35)33-21-12-7-9-19(31)16-21/h7,9,12,14-18,20,22-26H,3-6,8,10-11,13H2,1-2H3,(H,32,36)(H,33,35)/t17?,18?,22?,23-,24?,25-,26?,30?/m0/s1. The lowest BCUT2D eigenvalue weighted by atomic mass is 9.74. The first-order valence-corrected chi connectivity index (χ1v) is 14.7. The van der Waals surface area contributed by atoms with Crippen LogP contribution in [0, 0.1) is 23.7 Å². The largest absolute Gasteiger partial charge is 0.359 e. The van der Waals surface area contributed by atoms with Crippen molar-refractivity contribution in [1.29, 1.82) is 0 Å². The number of anilines is 1. The van der Waals surface area contributed by atoms with Gasteiger partial charge in [-0.2, -0.15) is 0 Å². The van der Waals surface area contributed by atoms with Crippen LogP contribution in [0.1, 0.15) is 65.2 Å². The Kier molecular flexibility index (Phi) is 6.79. The minimum Gasteiger partial charge on any atom is -0.359 e. The second-order valence-corrected chi connectivity index (χ2v) is 12.6. The van der Waals surface area contributed by atoms with E-state index in [1.165, 1.54) is 6.42 Å². The van der Waals surface area contributed by atoms with Crippen molar-refractivity contribution in [3.05, 3.63) is 41.4 Å². The molecule has 3 heterocycles. The summed E-state index contributed by atoms with van der Waals surface area (Å²) in [7, 11) is 0. The van der Waals surface area contributed by atoms with E-state index in [9.17, 15) is 14.4 Å². The van der Waals surface area contributed by atoms with Crippen molar-refractivity contribution in [3.63, 3.8) is 0 Å². The van der Waals surface area contributed by atoms with Gasteiger partial charge in [-0.15, -0.1) is 0 Å². The average Bonchev–Trinajstić information content (AvgIpc) is 3.54. The number of carbonyl (C=O) groups excluding carboxylic acids is 3. The molecule has 1 aromatic rings. The summed E-state index contributed by atoms with van der Waals surface area (Å²) in [6.07, 6.45) is 11.6. The van der Waals surface area contributed by atoms with Crippen molar-refractivity contribution in [3.8, 4) is 0 Å². The number of ether oxygens (including phenoxy) is 1. The predicted octanol–water partition coefficient (Wildman–Crippen LogP) is 4.70. The first-order chi connectivity index (χ1) is 18.3. The highest BCUT2D eigenvalue weighted by molar-refractivity contribution is 6.30. The van der Waals surface area contributed by atoms with E-state index in [2.05, 4.69) is 24.5 Å². The molecule has 8 atom stereocenters. The molecule has 3 amide bonds. The molecule has 0 radical (unpaired) electrons. The highest BCUT2D eigenvalue weighted by Crippen LogP contribution is 2.56. The second-order valence-electron chi connectivity index (χ2n) is 12.1. The SMILES string of the molecule is CC1CCCC(N2C(=O)[C@@H]3C(C(=O)Nc4cccc(Cl)c4)[C@@H]4C=CC3(O4)C2C(=O)NC2CCCCC2)C1C. The number of hydrogen-bond donors (Lipinski definition) is 2. The van der Waals surface area contributed by atoms with Crippen molar-refractivity contribution >= 4 is 35.0 Å². The number of carbonyl (C=O) groups is 3. The normalized spacial score (nSPS) is 38.3. The molecule has 3 aliphatic heterocycles. The fourth-order valence-corrected chi connectivity index (χ4v) is 8.02. The van der Waals surface area contributed by atoms with Crippen LogP contribution >= 0.6 is 11.6 Å². The van der Waals surface area contributed by atoms with Crippen LogP contribution in [0.25, 0.3) is 0 Å². The first-order valence-electron chi connectivity index (χ1n) is 14.4. The molecule has 2 bridgehead atoms. The molecule has 2 aliphatic carbocycles. The van der Waals surface area contributed by atoms with Gasteiger partial charge in [0.25, 0.3) is 0 Å². The molecular formula is C30H38ClN3O4. The summed E-state index contributed by atoms with van der Waals surface area (Å²) in [6.45, 7) is 4.43. The van der Waals surface area contributed by atoms with Crippen LogP contribution in [0.4, 0.5) is 5.69 Å². The maximum Gasteiger partial charge on any atom is 0.246 e. The minimum absolute atomic E-state index is 0.0546. The van der Waals surface area contributed by atoms with Crippen molar-refractivity contribution in [2.75, 3.05) is 5.32 Å². The summed E-state index contributed by atoms with van der Waals surface area (Å²) in [4.78, 5) is 44.0. The Morgan fingerprint density at radius 2 is 1.84 bits per heavy atom. The number of amides is 3. The van der Waals surface area contributed by atoms with Crippen LogP contribution in [0.15, 0.2) is 36.4 Å². The molecule has 5 aliphatic rings. The van der Waals surface area contributed by atoms with Gasteiger partial charge in [0.05, 0.1) is 17.9 Å². The van der Waals surface area contributed by atoms with E-state index in [0.29, 0.717) is 16.6 Å². The van der Waals surface area contributed by atoms with Gasteiger partial charge in [0.2, 0.25) is 17.7 Å². The van der Waals surface area contributed by atoms with Gasteiger partial charge in [-0.25, -0.2) is 0 Å². The molecule has 0 aromatic heterocycles. The van der Waals surface area contributed by atoms with Gasteiger partial charge in [-0.05, 0) is 49.3 Å². The van der Waals surface area contributed by atoms with E-state index in [0.717, 1.165) is 44.9 Å². The summed E-state index contributed by atoms with van der Waals surface area (Å²) in [5.74, 6) is -1.28. The zero-order chi connectivity index (χ0) is 26.6. The Balaban J connectivity index is 1.34. The van der Waals surface area contributed by atoms with Crippen molar-refractivity contribution in [2.45, 2.75) is 95.0 Å². The fraction of sp³-hybridized carbons (Fsp3) is 0.633. The Bertz CT molecular complexity index is 1150. The molecule has 8 heteroatoms. The van der Waals surface area contributed by atoms with E-state index >= 15 is 0 Å². The van der Waals surface area contributed by atoms with Gasteiger partial charge >= 0.3 is 0 Å². The maximum absolute atomic E-state index is 14.4. The van der Waals surface area contributed by atoms with Crippen LogP contribution in [0.3, 0.4) is 0 Å². The van der Waals surface area contributed by atoms with Gasteiger partial charge in [0.1, 0.15) is 11.6 Å². The van der Waals surface area contributed by atoms with Gasteiger partial charge in [-0.3, -0.25) is 14.4 Å². The van der Waals surface area contributed by atoms with Crippen LogP contribution in [-0.4, -0.2) is 52.5 Å². The summed E-state index contributed by atoms with van der Waals surface area (Å²) < 4.78 is 6.53. The highest BCUT2D eigenvalue weighted by atomic mass is 35.5. The monoisotopic (exact) mass is 539 g/mol. The molecule has 4 fully saturated rings. The molecule has 2 saturated heterocycles. The van der Waals surface area contributed by atoms with Crippen LogP contribution in [-0.2, 0) is 19.1 Å². The summed E-state index contributed by atoms with van der Waals surface area (Å²) >= 11 is 6.13. The van der Waals surface area contributed by atoms with E-state index in [1.54, 1.807) is 24.3 Å². The van der Waals surface area contributed by atoms with Gasteiger partial charge < -0.3 is 20.3 Å². The number of likely N-dealkylation sites (tertiary alicyclic amines) is 1. The molecule has 1 spiro atoms. The maximum atomic E-state index is 14.4. The quantitative estimate of drug-likeness (QED) is 0.531. The Morgan fingerprint density at radius 3 is 2.61 bits per heavy atom. The van der Waals surface area contributed by atoms with E-state index in [-0.39, 0.29) is 35.7 Å². The number of fused-ring (bicyclic) bond motifs is 1. The third-order valence-corrected chi connectivity index (χ3v) is 10.2. The second kappa shape index (κ2) is 9.98. The average molecular weight is 540 g/mol. The molecular weight excluding hydrogens is 502 g/mol. The highest BCUT2D eigenvalue weighted by Gasteiger charge is 2.73. The zero-order valence-corrected chi connectivity index (χ0v) is 23.0. The Hall–Kier alpha value is -2.38. The summed E-state index contributed by atoms with van der Waals surface area (Å²) in [6, 6.07) is 6.28. The molecule has 7 nitrogen and oxygen atoms in total. The predicted molar refractivity (Wildman–Crippen MR) is 145 cm³/mol. The smallest absolute Gasteiger partial charge is 0.246 e. The number of hydrogen-bond acceptors (Lipinski definition) is 4. The van der Waals surface area contributed by atoms with Crippen LogP contribution in [0.2, 0.25) is 5.02 Å². The van der Waals surface area contributed by atoms with Gasteiger partial charge in [0.15, 0.2) is 0 Å². The lowest BCUT2D eigenvalue weighted by Gasteiger charge is -2.44. The summed E-state index contributed by atoms with van der Waals surface area (Å²) in [5.41, 5.74) is -0.552. The lowest BCUT2D eigenvalue weighted by molar-refractivity contribution is -0.146. The molecule has 38 heavy (non-hydrogen) atoms. The minimum atomic E-state index is -1.13. The molecule has 1 aromatic carbocycles. The van der Waals surface area contributed by atoms with Crippen molar-refractivity contribution < 1.29 is 19.1 Å². The lowest BCUT2D eigenvalue weighted by Crippen LogP contribution is -2.60. The van der Waals surface area contributed by atoms with E-state index < -0.39 is 29.6 Å². The van der Waals surface area contributed by atoms with E-state index in [4.69, 9.17) is 16.3 Å². The zero-order valence-electron chi connectivity index (χ0n) is 22.2. The molecule has 204 valence electrons. The van der Waals surface area contributed by atoms with Crippen molar-refractivity contribution in [1.82, 2.24) is 10.2 Å². The van der Waals surface area contributed by atoms with Gasteiger partial charge in [-0.1, -0.05) is 75.8 Å². The number of rotatable bonds is 5. The first kappa shape index (κ1) is 25.9. The molecule has 2 N–H and O–H groups in total. The van der Waals surface area contributed by atoms with Crippen molar-refractivity contribution in [2.24, 2.45) is 23.7 Å². The molecule has 6 unspecified atom stereocenters. The molecule has 2 saturated carbocycles. The fourth-order valence-electron chi connectivity index (χ4n) is 7.83. The third-order valence-electron chi connectivity index (χ3n) is 9.93. The summed E-state index contributed by atoms with van der Waals surface area (Å²) in [5, 5.41) is 6.77. The van der Waals surface area contributed by atoms with E-state index in [1.807, 2.05) is 17.1 Å². The van der Waals surface area contributed by atoms with Gasteiger partial charge in [0, 0.05) is 22.8 Å². The Morgan fingerprint density at radius 1 is 1.05 bits per heavy atom. The van der Waals surface area contributed by atoms with Crippen LogP contribution in [0.5, 0.6) is 0 Å². The Labute approximate surface area is 229 Å². The third kappa shape index (κ3) is 4.17. The number of halogens is 1. The topological polar surface area (TPSA) is 87.7 Å². The van der Waals surface area contributed by atoms with Crippen LogP contribution < -0.4 is 10.6 Å². The number of nitrogens with one attached hydrogen (secondary N) is 2. The molecule has 6 rings (SSSR count). The number of benzene rings is 1.